The molecule has 0 heterocycles. The van der Waals surface area contributed by atoms with Gasteiger partial charge in [0.2, 0.25) is 0 Å². The molecule has 4 nitrogen and oxygen atoms in total. The number of nitrogens with two attached hydrogens (primary N) is 1. The third-order valence-electron chi connectivity index (χ3n) is 3.12. The zero-order chi connectivity index (χ0) is 16.7. The predicted molar refractivity (Wildman–Crippen MR) is 107 cm³/mol. The van der Waals surface area contributed by atoms with E-state index in [0.29, 0.717) is 17.9 Å². The van der Waals surface area contributed by atoms with E-state index in [1.807, 2.05) is 12.1 Å². The van der Waals surface area contributed by atoms with Crippen LogP contribution in [0.1, 0.15) is 10.4 Å². The molecule has 120 valence electrons. The Hall–Kier alpha value is -1.27. The van der Waals surface area contributed by atoms with E-state index < -0.39 is 5.05 Å². The SMILES string of the molecule is CB=[PH](I)c1ccc(OCCOC(=O)c2ccc(N)cc2)cc1. The third-order valence-corrected chi connectivity index (χ3v) is 8.24. The Balaban J connectivity index is 1.77. The van der Waals surface area contributed by atoms with Gasteiger partial charge in [-0.05, 0) is 12.1 Å². The summed E-state index contributed by atoms with van der Waals surface area (Å²) in [5, 5.41) is 0.753. The maximum absolute atomic E-state index is 11.8. The van der Waals surface area contributed by atoms with Crippen LogP contribution < -0.4 is 15.8 Å². The number of rotatable bonds is 6. The van der Waals surface area contributed by atoms with Crippen molar-refractivity contribution in [2.24, 2.45) is 0 Å². The first-order valence-electron chi connectivity index (χ1n) is 7.18. The number of halogens is 1. The van der Waals surface area contributed by atoms with Gasteiger partial charge in [0.25, 0.3) is 0 Å². The molecule has 2 N–H and O–H groups in total. The van der Waals surface area contributed by atoms with Gasteiger partial charge in [-0.2, -0.15) is 0 Å². The monoisotopic (exact) mass is 441 g/mol. The Morgan fingerprint density at radius 1 is 1.13 bits per heavy atom. The quantitative estimate of drug-likeness (QED) is 0.187. The Bertz CT molecular complexity index is 689. The molecule has 0 aromatic heterocycles. The number of carbonyl (C=O) groups is 1. The summed E-state index contributed by atoms with van der Waals surface area (Å²) in [7, 11) is 0. The molecule has 0 aliphatic rings. The fraction of sp³-hybridized carbons (Fsp3) is 0.188. The van der Waals surface area contributed by atoms with Gasteiger partial charge in [0.05, 0.1) is 0 Å². The summed E-state index contributed by atoms with van der Waals surface area (Å²) in [6.45, 7) is 4.84. The van der Waals surface area contributed by atoms with E-state index in [1.165, 1.54) is 5.30 Å². The predicted octanol–water partition coefficient (Wildman–Crippen LogP) is 3.36. The second-order valence-electron chi connectivity index (χ2n) is 4.77. The van der Waals surface area contributed by atoms with Crippen molar-refractivity contribution in [3.63, 3.8) is 0 Å². The molecule has 0 saturated heterocycles. The van der Waals surface area contributed by atoms with Crippen molar-refractivity contribution < 1.29 is 14.3 Å². The number of nitrogen functional groups attached to an aromatic ring is 1. The van der Waals surface area contributed by atoms with Crippen LogP contribution in [-0.4, -0.2) is 25.8 Å². The number of benzene rings is 2. The average molecular weight is 441 g/mol. The molecule has 1 atom stereocenters. The van der Waals surface area contributed by atoms with Gasteiger partial charge in [-0.15, -0.1) is 0 Å². The molecule has 23 heavy (non-hydrogen) atoms. The van der Waals surface area contributed by atoms with E-state index >= 15 is 0 Å². The van der Waals surface area contributed by atoms with Crippen molar-refractivity contribution in [1.82, 2.24) is 0 Å². The summed E-state index contributed by atoms with van der Waals surface area (Å²) in [5.74, 6) is 0.402. The van der Waals surface area contributed by atoms with E-state index in [-0.39, 0.29) is 12.6 Å². The molecule has 0 radical (unpaired) electrons. The third kappa shape index (κ3) is 5.70. The van der Waals surface area contributed by atoms with Crippen molar-refractivity contribution in [2.75, 3.05) is 18.9 Å². The molecule has 0 spiro atoms. The number of hydrogen-bond donors (Lipinski definition) is 1. The normalized spacial score (nSPS) is 11.6. The topological polar surface area (TPSA) is 61.5 Å². The first-order chi connectivity index (χ1) is 11.1. The molecule has 0 aliphatic carbocycles. The summed E-state index contributed by atoms with van der Waals surface area (Å²) in [6.07, 6.45) is 0. The van der Waals surface area contributed by atoms with E-state index in [0.717, 1.165) is 5.75 Å². The van der Waals surface area contributed by atoms with Gasteiger partial charge in [-0.1, -0.05) is 0 Å². The fourth-order valence-corrected chi connectivity index (χ4v) is 3.77. The summed E-state index contributed by atoms with van der Waals surface area (Å²) < 4.78 is 10.7. The first-order valence-corrected chi connectivity index (χ1v) is 11.9. The van der Waals surface area contributed by atoms with Crippen molar-refractivity contribution in [3.8, 4) is 5.75 Å². The zero-order valence-corrected chi connectivity index (χ0v) is 15.9. The van der Waals surface area contributed by atoms with Crippen molar-refractivity contribution in [1.29, 1.82) is 0 Å². The van der Waals surface area contributed by atoms with Crippen LogP contribution in [0.5, 0.6) is 5.75 Å². The van der Waals surface area contributed by atoms with E-state index in [9.17, 15) is 4.79 Å². The van der Waals surface area contributed by atoms with Crippen molar-refractivity contribution in [3.05, 3.63) is 54.1 Å². The molecule has 0 amide bonds. The van der Waals surface area contributed by atoms with E-state index in [4.69, 9.17) is 15.2 Å². The van der Waals surface area contributed by atoms with Crippen LogP contribution in [0.25, 0.3) is 0 Å². The average Bonchev–Trinajstić information content (AvgIpc) is 2.59. The molecule has 1 unspecified atom stereocenters. The van der Waals surface area contributed by atoms with Gasteiger partial charge in [0.1, 0.15) is 0 Å². The number of carbonyl (C=O) groups excluding carboxylic acids is 1. The van der Waals surface area contributed by atoms with Crippen LogP contribution in [0, 0.1) is 0 Å². The molecule has 2 aromatic carbocycles. The molecule has 2 aromatic rings. The Morgan fingerprint density at radius 2 is 1.78 bits per heavy atom. The van der Waals surface area contributed by atoms with Gasteiger partial charge in [0.15, 0.2) is 0 Å². The molecule has 0 bridgehead atoms. The Labute approximate surface area is 150 Å². The minimum atomic E-state index is -0.581. The standard InChI is InChI=1S/C16H18BINO3P/c1-17-23(18)15-8-6-14(7-9-15)21-10-11-22-16(20)12-2-4-13(19)5-3-12/h2-9,23H,10-11,19H2,1H3. The summed E-state index contributed by atoms with van der Waals surface area (Å²) in [4.78, 5) is 11.8. The second-order valence-corrected chi connectivity index (χ2v) is 10.1. The van der Waals surface area contributed by atoms with Crippen LogP contribution in [0.3, 0.4) is 0 Å². The first kappa shape index (κ1) is 18.1. The number of ether oxygens (including phenoxy) is 2. The van der Waals surface area contributed by atoms with Crippen molar-refractivity contribution in [2.45, 2.75) is 6.82 Å². The van der Waals surface area contributed by atoms with E-state index in [2.05, 4.69) is 47.6 Å². The number of anilines is 1. The molecular formula is C16H18BINO3P. The Morgan fingerprint density at radius 3 is 2.39 bits per heavy atom. The molecular weight excluding hydrogens is 423 g/mol. The van der Waals surface area contributed by atoms with Crippen LogP contribution >= 0.6 is 27.1 Å². The maximum atomic E-state index is 11.8. The van der Waals surface area contributed by atoms with Gasteiger partial charge < -0.3 is 5.73 Å². The van der Waals surface area contributed by atoms with Gasteiger partial charge in [-0.25, -0.2) is 0 Å². The Kier molecular flexibility index (Phi) is 7.18. The van der Waals surface area contributed by atoms with Crippen LogP contribution in [0.15, 0.2) is 48.5 Å². The molecule has 2 rings (SSSR count). The molecule has 0 saturated carbocycles. The van der Waals surface area contributed by atoms with Crippen molar-refractivity contribution >= 4 is 50.7 Å². The minimum absolute atomic E-state index is 0.203. The van der Waals surface area contributed by atoms with Crippen LogP contribution in [0.4, 0.5) is 5.69 Å². The fourth-order valence-electron chi connectivity index (χ4n) is 1.87. The zero-order valence-electron chi connectivity index (χ0n) is 12.8. The summed E-state index contributed by atoms with van der Waals surface area (Å²) in [5.41, 5.74) is 6.68. The second kappa shape index (κ2) is 9.13. The van der Waals surface area contributed by atoms with E-state index in [1.54, 1.807) is 24.3 Å². The van der Waals surface area contributed by atoms with Crippen LogP contribution in [0.2, 0.25) is 6.82 Å². The number of hydrogen-bond acceptors (Lipinski definition) is 4. The molecule has 0 aliphatic heterocycles. The molecule has 7 heteroatoms. The van der Waals surface area contributed by atoms with Gasteiger partial charge in [0, 0.05) is 5.69 Å². The van der Waals surface area contributed by atoms with Crippen LogP contribution in [-0.2, 0) is 4.74 Å². The summed E-state index contributed by atoms with van der Waals surface area (Å²) in [6, 6.07) is 14.7. The molecule has 0 fully saturated rings. The van der Waals surface area contributed by atoms with Gasteiger partial charge in [-0.3, -0.25) is 0 Å². The number of esters is 1. The van der Waals surface area contributed by atoms with Gasteiger partial charge >= 0.3 is 127 Å². The summed E-state index contributed by atoms with van der Waals surface area (Å²) >= 11 is 2.47.